The lowest BCUT2D eigenvalue weighted by molar-refractivity contribution is 0.102. The van der Waals surface area contributed by atoms with Crippen LogP contribution in [0.15, 0.2) is 18.3 Å². The quantitative estimate of drug-likeness (QED) is 0.622. The van der Waals surface area contributed by atoms with Crippen molar-refractivity contribution in [1.82, 2.24) is 15.0 Å². The summed E-state index contributed by atoms with van der Waals surface area (Å²) in [6.07, 6.45) is 1.19. The predicted molar refractivity (Wildman–Crippen MR) is 55.4 cm³/mol. The molecule has 1 aromatic carbocycles. The standard InChI is InChI=1S/C11H8F3N3O/c1-2-17-9(5-15-16-17)11(18)6-3-7(12)10(14)8(13)4-6/h3-5H,2H2,1H3. The molecule has 2 aromatic rings. The number of carbonyl (C=O) groups is 1. The maximum atomic E-state index is 13.0. The molecular weight excluding hydrogens is 247 g/mol. The Balaban J connectivity index is 2.47. The Kier molecular flexibility index (Phi) is 3.14. The van der Waals surface area contributed by atoms with Gasteiger partial charge in [0.25, 0.3) is 0 Å². The molecule has 0 unspecified atom stereocenters. The molecule has 0 saturated heterocycles. The first kappa shape index (κ1) is 12.3. The summed E-state index contributed by atoms with van der Waals surface area (Å²) in [5, 5.41) is 7.16. The van der Waals surface area contributed by atoms with E-state index < -0.39 is 23.2 Å². The fourth-order valence-corrected chi connectivity index (χ4v) is 1.50. The minimum Gasteiger partial charge on any atom is -0.287 e. The number of rotatable bonds is 3. The largest absolute Gasteiger partial charge is 0.287 e. The highest BCUT2D eigenvalue weighted by Crippen LogP contribution is 2.16. The molecule has 0 aliphatic heterocycles. The number of aromatic nitrogens is 3. The smallest absolute Gasteiger partial charge is 0.212 e. The van der Waals surface area contributed by atoms with Crippen molar-refractivity contribution in [2.45, 2.75) is 13.5 Å². The lowest BCUT2D eigenvalue weighted by Gasteiger charge is -2.03. The van der Waals surface area contributed by atoms with E-state index in [1.165, 1.54) is 10.9 Å². The summed E-state index contributed by atoms with van der Waals surface area (Å²) >= 11 is 0. The van der Waals surface area contributed by atoms with Crippen molar-refractivity contribution in [2.75, 3.05) is 0 Å². The highest BCUT2D eigenvalue weighted by molar-refractivity contribution is 6.07. The van der Waals surface area contributed by atoms with Gasteiger partial charge in [-0.25, -0.2) is 17.9 Å². The van der Waals surface area contributed by atoms with E-state index in [1.54, 1.807) is 6.92 Å². The Hall–Kier alpha value is -2.18. The van der Waals surface area contributed by atoms with E-state index in [0.717, 1.165) is 0 Å². The number of ketones is 1. The van der Waals surface area contributed by atoms with Crippen LogP contribution in [0.1, 0.15) is 23.0 Å². The number of nitrogens with zero attached hydrogens (tertiary/aromatic N) is 3. The zero-order valence-corrected chi connectivity index (χ0v) is 9.32. The first-order valence-corrected chi connectivity index (χ1v) is 5.12. The summed E-state index contributed by atoms with van der Waals surface area (Å²) < 4.78 is 40.1. The lowest BCUT2D eigenvalue weighted by Crippen LogP contribution is -2.11. The van der Waals surface area contributed by atoms with Crippen molar-refractivity contribution in [1.29, 1.82) is 0 Å². The Morgan fingerprint density at radius 2 is 1.89 bits per heavy atom. The van der Waals surface area contributed by atoms with Crippen LogP contribution in [0, 0.1) is 17.5 Å². The Labute approximate surface area is 100 Å². The van der Waals surface area contributed by atoms with Crippen molar-refractivity contribution < 1.29 is 18.0 Å². The van der Waals surface area contributed by atoms with E-state index in [0.29, 0.717) is 18.7 Å². The molecule has 7 heteroatoms. The van der Waals surface area contributed by atoms with Crippen LogP contribution in [0.25, 0.3) is 0 Å². The van der Waals surface area contributed by atoms with E-state index >= 15 is 0 Å². The molecule has 0 saturated carbocycles. The van der Waals surface area contributed by atoms with Gasteiger partial charge in [0, 0.05) is 12.1 Å². The maximum Gasteiger partial charge on any atom is 0.212 e. The fraction of sp³-hybridized carbons (Fsp3) is 0.182. The summed E-state index contributed by atoms with van der Waals surface area (Å²) in [6.45, 7) is 2.12. The van der Waals surface area contributed by atoms with Crippen LogP contribution < -0.4 is 0 Å². The van der Waals surface area contributed by atoms with Crippen molar-refractivity contribution in [2.24, 2.45) is 0 Å². The summed E-state index contributed by atoms with van der Waals surface area (Å²) in [6, 6.07) is 1.29. The molecule has 1 aromatic heterocycles. The molecule has 1 heterocycles. The van der Waals surface area contributed by atoms with E-state index in [-0.39, 0.29) is 11.3 Å². The Morgan fingerprint density at radius 1 is 1.28 bits per heavy atom. The number of hydrogen-bond acceptors (Lipinski definition) is 3. The molecule has 0 aliphatic rings. The SMILES string of the molecule is CCn1nncc1C(=O)c1cc(F)c(F)c(F)c1. The molecule has 0 radical (unpaired) electrons. The molecule has 0 atom stereocenters. The van der Waals surface area contributed by atoms with Crippen LogP contribution >= 0.6 is 0 Å². The number of halogens is 3. The summed E-state index contributed by atoms with van der Waals surface area (Å²) in [7, 11) is 0. The van der Waals surface area contributed by atoms with Crippen molar-refractivity contribution >= 4 is 5.78 Å². The van der Waals surface area contributed by atoms with Gasteiger partial charge in [0.05, 0.1) is 6.20 Å². The maximum absolute atomic E-state index is 13.0. The molecule has 0 spiro atoms. The molecule has 94 valence electrons. The highest BCUT2D eigenvalue weighted by atomic mass is 19.2. The minimum atomic E-state index is -1.60. The fourth-order valence-electron chi connectivity index (χ4n) is 1.50. The second-order valence-corrected chi connectivity index (χ2v) is 3.52. The monoisotopic (exact) mass is 255 g/mol. The van der Waals surface area contributed by atoms with Crippen LogP contribution in [0.4, 0.5) is 13.2 Å². The van der Waals surface area contributed by atoms with Crippen molar-refractivity contribution in [3.63, 3.8) is 0 Å². The lowest BCUT2D eigenvalue weighted by atomic mass is 10.1. The van der Waals surface area contributed by atoms with Crippen LogP contribution in [-0.4, -0.2) is 20.8 Å². The highest BCUT2D eigenvalue weighted by Gasteiger charge is 2.19. The van der Waals surface area contributed by atoms with Crippen LogP contribution in [0.3, 0.4) is 0 Å². The number of benzene rings is 1. The second-order valence-electron chi connectivity index (χ2n) is 3.52. The van der Waals surface area contributed by atoms with Crippen LogP contribution in [-0.2, 0) is 6.54 Å². The van der Waals surface area contributed by atoms with Crippen LogP contribution in [0.5, 0.6) is 0 Å². The normalized spacial score (nSPS) is 10.7. The molecule has 2 rings (SSSR count). The molecule has 0 bridgehead atoms. The molecule has 4 nitrogen and oxygen atoms in total. The minimum absolute atomic E-state index is 0.0860. The third-order valence-electron chi connectivity index (χ3n) is 2.40. The first-order chi connectivity index (χ1) is 8.54. The van der Waals surface area contributed by atoms with Gasteiger partial charge in [0.15, 0.2) is 17.5 Å². The molecule has 18 heavy (non-hydrogen) atoms. The zero-order valence-electron chi connectivity index (χ0n) is 9.32. The van der Waals surface area contributed by atoms with Gasteiger partial charge in [-0.15, -0.1) is 5.10 Å². The number of carbonyl (C=O) groups excluding carboxylic acids is 1. The van der Waals surface area contributed by atoms with Crippen molar-refractivity contribution in [3.05, 3.63) is 47.0 Å². The Bertz CT molecular complexity index is 586. The van der Waals surface area contributed by atoms with Gasteiger partial charge in [-0.3, -0.25) is 4.79 Å². The molecule has 0 aliphatic carbocycles. The first-order valence-electron chi connectivity index (χ1n) is 5.12. The summed E-state index contributed by atoms with van der Waals surface area (Å²) in [5.41, 5.74) is -0.202. The van der Waals surface area contributed by atoms with Gasteiger partial charge in [0.2, 0.25) is 5.78 Å². The van der Waals surface area contributed by atoms with Gasteiger partial charge < -0.3 is 0 Å². The third-order valence-corrected chi connectivity index (χ3v) is 2.40. The average Bonchev–Trinajstić information content (AvgIpc) is 2.82. The average molecular weight is 255 g/mol. The Morgan fingerprint density at radius 3 is 2.44 bits per heavy atom. The summed E-state index contributed by atoms with van der Waals surface area (Å²) in [4.78, 5) is 11.9. The third kappa shape index (κ3) is 1.99. The van der Waals surface area contributed by atoms with E-state index in [4.69, 9.17) is 0 Å². The van der Waals surface area contributed by atoms with E-state index in [1.807, 2.05) is 0 Å². The number of aryl methyl sites for hydroxylation is 1. The van der Waals surface area contributed by atoms with Crippen LogP contribution in [0.2, 0.25) is 0 Å². The molecular formula is C11H8F3N3O. The second kappa shape index (κ2) is 4.59. The van der Waals surface area contributed by atoms with Gasteiger partial charge in [-0.05, 0) is 19.1 Å². The van der Waals surface area contributed by atoms with Gasteiger partial charge in [-0.1, -0.05) is 5.21 Å². The molecule has 0 N–H and O–H groups in total. The van der Waals surface area contributed by atoms with E-state index in [9.17, 15) is 18.0 Å². The van der Waals surface area contributed by atoms with Crippen molar-refractivity contribution in [3.8, 4) is 0 Å². The molecule has 0 fully saturated rings. The zero-order chi connectivity index (χ0) is 13.3. The van der Waals surface area contributed by atoms with Gasteiger partial charge in [-0.2, -0.15) is 0 Å². The predicted octanol–water partition coefficient (Wildman–Crippen LogP) is 1.95. The number of hydrogen-bond donors (Lipinski definition) is 0. The van der Waals surface area contributed by atoms with Gasteiger partial charge >= 0.3 is 0 Å². The summed E-state index contributed by atoms with van der Waals surface area (Å²) in [5.74, 6) is -5.09. The van der Waals surface area contributed by atoms with E-state index in [2.05, 4.69) is 10.3 Å². The van der Waals surface area contributed by atoms with Gasteiger partial charge in [0.1, 0.15) is 5.69 Å². The topological polar surface area (TPSA) is 47.8 Å². The molecule has 0 amide bonds.